The van der Waals surface area contributed by atoms with E-state index in [0.717, 1.165) is 4.47 Å². The highest BCUT2D eigenvalue weighted by atomic mass is 79.9. The number of furan rings is 1. The maximum absolute atomic E-state index is 11.9. The smallest absolute Gasteiger partial charge is 0.280 e. The monoisotopic (exact) mass is 599 g/mol. The number of nitro groups is 1. The van der Waals surface area contributed by atoms with Gasteiger partial charge in [0.05, 0.1) is 25.6 Å². The van der Waals surface area contributed by atoms with E-state index in [9.17, 15) is 14.9 Å². The molecule has 0 bridgehead atoms. The largest absolute Gasteiger partial charge is 0.481 e. The van der Waals surface area contributed by atoms with Crippen molar-refractivity contribution in [2.24, 2.45) is 5.10 Å². The molecule has 0 fully saturated rings. The zero-order valence-electron chi connectivity index (χ0n) is 15.0. The van der Waals surface area contributed by atoms with Crippen LogP contribution in [0.3, 0.4) is 0 Å². The first kappa shape index (κ1) is 22.2. The first-order valence-corrected chi connectivity index (χ1v) is 10.7. The molecule has 0 unspecified atom stereocenters. The van der Waals surface area contributed by atoms with Gasteiger partial charge in [-0.1, -0.05) is 28.1 Å². The van der Waals surface area contributed by atoms with Gasteiger partial charge in [0.2, 0.25) is 0 Å². The maximum atomic E-state index is 11.9. The van der Waals surface area contributed by atoms with Crippen LogP contribution in [-0.4, -0.2) is 23.7 Å². The number of hydrogen-bond donors (Lipinski definition) is 1. The standard InChI is InChI=1S/C19H12Br3N3O5/c20-11-7-14(21)19(15(22)8-11)29-10-18(26)24-23-9-12-5-6-17(30-12)13-3-1-2-4-16(13)25(27)28/h1-9H,10H2,(H,24,26)/b23-9-. The molecular weight excluding hydrogens is 590 g/mol. The lowest BCUT2D eigenvalue weighted by Crippen LogP contribution is -2.24. The fourth-order valence-electron chi connectivity index (χ4n) is 2.41. The van der Waals surface area contributed by atoms with Crippen molar-refractivity contribution in [1.29, 1.82) is 0 Å². The van der Waals surface area contributed by atoms with Crippen molar-refractivity contribution in [2.75, 3.05) is 6.61 Å². The Bertz CT molecular complexity index is 1110. The molecule has 3 aromatic rings. The molecule has 1 amide bonds. The van der Waals surface area contributed by atoms with Gasteiger partial charge in [0.15, 0.2) is 6.61 Å². The van der Waals surface area contributed by atoms with Crippen molar-refractivity contribution in [3.8, 4) is 17.1 Å². The third-order valence-electron chi connectivity index (χ3n) is 3.68. The number of nitro benzene ring substituents is 1. The predicted molar refractivity (Wildman–Crippen MR) is 122 cm³/mol. The number of hydrazone groups is 1. The van der Waals surface area contributed by atoms with E-state index in [4.69, 9.17) is 9.15 Å². The van der Waals surface area contributed by atoms with Crippen LogP contribution in [0.1, 0.15) is 5.76 Å². The number of para-hydroxylation sites is 1. The molecule has 0 aliphatic rings. The topological polar surface area (TPSA) is 107 Å². The van der Waals surface area contributed by atoms with Crippen LogP contribution in [0.5, 0.6) is 5.75 Å². The number of benzene rings is 2. The van der Waals surface area contributed by atoms with E-state index >= 15 is 0 Å². The van der Waals surface area contributed by atoms with Crippen molar-refractivity contribution in [2.45, 2.75) is 0 Å². The Labute approximate surface area is 195 Å². The van der Waals surface area contributed by atoms with Crippen LogP contribution in [0.2, 0.25) is 0 Å². The fraction of sp³-hybridized carbons (Fsp3) is 0.0526. The summed E-state index contributed by atoms with van der Waals surface area (Å²) in [6, 6.07) is 13.0. The molecule has 2 aromatic carbocycles. The highest BCUT2D eigenvalue weighted by Gasteiger charge is 2.17. The molecule has 0 saturated carbocycles. The second kappa shape index (κ2) is 10.0. The highest BCUT2D eigenvalue weighted by molar-refractivity contribution is 9.11. The van der Waals surface area contributed by atoms with Gasteiger partial charge in [-0.25, -0.2) is 5.43 Å². The number of carbonyl (C=O) groups excluding carboxylic acids is 1. The zero-order valence-corrected chi connectivity index (χ0v) is 19.7. The first-order chi connectivity index (χ1) is 14.3. The third-order valence-corrected chi connectivity index (χ3v) is 5.32. The van der Waals surface area contributed by atoms with Gasteiger partial charge in [0.25, 0.3) is 11.6 Å². The molecule has 0 aliphatic heterocycles. The van der Waals surface area contributed by atoms with Crippen LogP contribution in [0, 0.1) is 10.1 Å². The molecule has 1 N–H and O–H groups in total. The number of halogens is 3. The van der Waals surface area contributed by atoms with Crippen molar-refractivity contribution in [3.63, 3.8) is 0 Å². The average Bonchev–Trinajstić information content (AvgIpc) is 3.16. The van der Waals surface area contributed by atoms with Gasteiger partial charge in [-0.2, -0.15) is 5.10 Å². The Hall–Kier alpha value is -2.50. The lowest BCUT2D eigenvalue weighted by molar-refractivity contribution is -0.384. The van der Waals surface area contributed by atoms with E-state index in [0.29, 0.717) is 31.8 Å². The minimum absolute atomic E-state index is 0.0638. The summed E-state index contributed by atoms with van der Waals surface area (Å²) in [4.78, 5) is 22.6. The SMILES string of the molecule is O=C(COc1c(Br)cc(Br)cc1Br)N/N=C\c1ccc(-c2ccccc2[N+](=O)[O-])o1. The van der Waals surface area contributed by atoms with Gasteiger partial charge in [-0.05, 0) is 62.2 Å². The van der Waals surface area contributed by atoms with Gasteiger partial charge >= 0.3 is 0 Å². The number of nitrogens with zero attached hydrogens (tertiary/aromatic N) is 2. The van der Waals surface area contributed by atoms with E-state index in [1.54, 1.807) is 42.5 Å². The molecule has 0 spiro atoms. The van der Waals surface area contributed by atoms with Crippen molar-refractivity contribution < 1.29 is 18.9 Å². The molecule has 154 valence electrons. The van der Waals surface area contributed by atoms with Gasteiger partial charge < -0.3 is 9.15 Å². The quantitative estimate of drug-likeness (QED) is 0.213. The average molecular weight is 602 g/mol. The van der Waals surface area contributed by atoms with E-state index in [-0.39, 0.29) is 12.3 Å². The Balaban J connectivity index is 1.59. The normalized spacial score (nSPS) is 10.9. The van der Waals surface area contributed by atoms with Gasteiger partial charge in [0, 0.05) is 10.5 Å². The molecular formula is C19H12Br3N3O5. The molecule has 0 radical (unpaired) electrons. The van der Waals surface area contributed by atoms with Crippen LogP contribution >= 0.6 is 47.8 Å². The van der Waals surface area contributed by atoms with Crippen LogP contribution < -0.4 is 10.2 Å². The van der Waals surface area contributed by atoms with Crippen LogP contribution in [0.25, 0.3) is 11.3 Å². The molecule has 3 rings (SSSR count). The van der Waals surface area contributed by atoms with E-state index in [2.05, 4.69) is 58.3 Å². The second-order valence-electron chi connectivity index (χ2n) is 5.76. The second-order valence-corrected chi connectivity index (χ2v) is 8.38. The molecule has 8 nitrogen and oxygen atoms in total. The summed E-state index contributed by atoms with van der Waals surface area (Å²) in [6.07, 6.45) is 1.29. The number of hydrogen-bond acceptors (Lipinski definition) is 6. The van der Waals surface area contributed by atoms with Crippen molar-refractivity contribution >= 4 is 65.6 Å². The Kier molecular flexibility index (Phi) is 7.40. The van der Waals surface area contributed by atoms with E-state index in [1.807, 2.05) is 0 Å². The van der Waals surface area contributed by atoms with Crippen LogP contribution in [0.4, 0.5) is 5.69 Å². The van der Waals surface area contributed by atoms with Crippen LogP contribution in [-0.2, 0) is 4.79 Å². The molecule has 30 heavy (non-hydrogen) atoms. The third kappa shape index (κ3) is 5.55. The number of ether oxygens (including phenoxy) is 1. The van der Waals surface area contributed by atoms with Crippen molar-refractivity contribution in [1.82, 2.24) is 5.43 Å². The Morgan fingerprint density at radius 1 is 1.17 bits per heavy atom. The van der Waals surface area contributed by atoms with Gasteiger partial charge in [0.1, 0.15) is 17.3 Å². The molecule has 1 heterocycles. The van der Waals surface area contributed by atoms with E-state index < -0.39 is 10.8 Å². The molecule has 11 heteroatoms. The minimum atomic E-state index is -0.478. The summed E-state index contributed by atoms with van der Waals surface area (Å²) in [6.45, 7) is -0.254. The van der Waals surface area contributed by atoms with Crippen molar-refractivity contribution in [3.05, 3.63) is 77.8 Å². The van der Waals surface area contributed by atoms with E-state index in [1.165, 1.54) is 12.3 Å². The number of rotatable bonds is 7. The molecule has 0 aliphatic carbocycles. The maximum Gasteiger partial charge on any atom is 0.280 e. The Morgan fingerprint density at radius 3 is 2.57 bits per heavy atom. The summed E-state index contributed by atoms with van der Waals surface area (Å²) in [5, 5.41) is 15.0. The molecule has 0 saturated heterocycles. The number of carbonyl (C=O) groups is 1. The predicted octanol–water partition coefficient (Wildman–Crippen LogP) is 5.67. The highest BCUT2D eigenvalue weighted by Crippen LogP contribution is 2.36. The van der Waals surface area contributed by atoms with Gasteiger partial charge in [-0.15, -0.1) is 0 Å². The summed E-state index contributed by atoms with van der Waals surface area (Å²) < 4.78 is 13.3. The first-order valence-electron chi connectivity index (χ1n) is 8.28. The zero-order chi connectivity index (χ0) is 21.7. The summed E-state index contributed by atoms with van der Waals surface area (Å²) in [7, 11) is 0. The molecule has 0 atom stereocenters. The molecule has 1 aromatic heterocycles. The number of amides is 1. The van der Waals surface area contributed by atoms with Crippen LogP contribution in [0.15, 0.2) is 71.5 Å². The van der Waals surface area contributed by atoms with Gasteiger partial charge in [-0.3, -0.25) is 14.9 Å². The Morgan fingerprint density at radius 2 is 1.87 bits per heavy atom. The summed E-state index contributed by atoms with van der Waals surface area (Å²) in [5.74, 6) is 0.655. The lowest BCUT2D eigenvalue weighted by Gasteiger charge is -2.09. The minimum Gasteiger partial charge on any atom is -0.481 e. The fourth-order valence-corrected chi connectivity index (χ4v) is 4.90. The summed E-state index contributed by atoms with van der Waals surface area (Å²) >= 11 is 10.1. The number of nitrogens with one attached hydrogen (secondary N) is 1. The lowest BCUT2D eigenvalue weighted by atomic mass is 10.1. The summed E-state index contributed by atoms with van der Waals surface area (Å²) in [5.41, 5.74) is 2.62.